The lowest BCUT2D eigenvalue weighted by Crippen LogP contribution is -2.49. The number of nitrogens with one attached hydrogen (secondary N) is 3. The van der Waals surface area contributed by atoms with E-state index in [1.807, 2.05) is 42.5 Å². The minimum absolute atomic E-state index is 0.0305. The number of carbonyl (C=O) groups excluding carboxylic acids is 1. The minimum atomic E-state index is 0.0305. The summed E-state index contributed by atoms with van der Waals surface area (Å²) in [7, 11) is 1.68. The molecule has 1 aliphatic heterocycles. The third kappa shape index (κ3) is 4.58. The first-order valence-electron chi connectivity index (χ1n) is 10.0. The Morgan fingerprint density at radius 2 is 2.07 bits per heavy atom. The average molecular weight is 393 g/mol. The van der Waals surface area contributed by atoms with Crippen LogP contribution in [0.25, 0.3) is 11.0 Å². The Hall–Kier alpha value is -2.90. The molecule has 7 heteroatoms. The van der Waals surface area contributed by atoms with Gasteiger partial charge in [-0.15, -0.1) is 0 Å². The number of nitrogens with zero attached hydrogens (tertiary/aromatic N) is 2. The van der Waals surface area contributed by atoms with Gasteiger partial charge in [0.15, 0.2) is 0 Å². The van der Waals surface area contributed by atoms with Crippen LogP contribution in [0, 0.1) is 0 Å². The molecule has 1 aliphatic rings. The van der Waals surface area contributed by atoms with Gasteiger partial charge in [0.2, 0.25) is 5.91 Å². The predicted molar refractivity (Wildman–Crippen MR) is 113 cm³/mol. The van der Waals surface area contributed by atoms with E-state index >= 15 is 0 Å². The Labute approximate surface area is 170 Å². The van der Waals surface area contributed by atoms with Crippen LogP contribution in [0.5, 0.6) is 5.75 Å². The molecule has 1 atom stereocenters. The second-order valence-electron chi connectivity index (χ2n) is 7.23. The topological polar surface area (TPSA) is 82.3 Å². The lowest BCUT2D eigenvalue weighted by Gasteiger charge is -2.36. The molecule has 0 aliphatic carbocycles. The molecule has 152 valence electrons. The van der Waals surface area contributed by atoms with E-state index in [4.69, 9.17) is 4.74 Å². The van der Waals surface area contributed by atoms with Crippen molar-refractivity contribution >= 4 is 16.9 Å². The Bertz CT molecular complexity index is 938. The first-order valence-corrected chi connectivity index (χ1v) is 10.0. The van der Waals surface area contributed by atoms with Crippen molar-refractivity contribution in [2.45, 2.75) is 12.5 Å². The maximum atomic E-state index is 12.6. The fraction of sp³-hybridized carbons (Fsp3) is 0.364. The Morgan fingerprint density at radius 3 is 2.93 bits per heavy atom. The number of aromatic nitrogens is 2. The number of hydrogen-bond acceptors (Lipinski definition) is 5. The zero-order valence-electron chi connectivity index (χ0n) is 16.6. The van der Waals surface area contributed by atoms with Crippen molar-refractivity contribution in [3.05, 3.63) is 59.9 Å². The molecule has 2 heterocycles. The maximum absolute atomic E-state index is 12.6. The van der Waals surface area contributed by atoms with Crippen LogP contribution in [-0.2, 0) is 11.2 Å². The summed E-state index contributed by atoms with van der Waals surface area (Å²) in [5.41, 5.74) is 3.08. The van der Waals surface area contributed by atoms with Gasteiger partial charge in [0.25, 0.3) is 0 Å². The molecule has 1 aromatic heterocycles. The van der Waals surface area contributed by atoms with Gasteiger partial charge in [-0.3, -0.25) is 9.69 Å². The Balaban J connectivity index is 1.33. The van der Waals surface area contributed by atoms with Crippen LogP contribution in [0.3, 0.4) is 0 Å². The lowest BCUT2D eigenvalue weighted by molar-refractivity contribution is -0.123. The molecule has 4 rings (SSSR count). The third-order valence-electron chi connectivity index (χ3n) is 5.32. The van der Waals surface area contributed by atoms with Gasteiger partial charge in [-0.2, -0.15) is 0 Å². The fourth-order valence-electron chi connectivity index (χ4n) is 3.87. The number of H-pyrrole nitrogens is 1. The maximum Gasteiger partial charge on any atom is 0.234 e. The number of para-hydroxylation sites is 3. The smallest absolute Gasteiger partial charge is 0.234 e. The number of hydrogen-bond donors (Lipinski definition) is 3. The van der Waals surface area contributed by atoms with Gasteiger partial charge in [0.05, 0.1) is 30.7 Å². The number of imidazole rings is 1. The number of aromatic amines is 1. The van der Waals surface area contributed by atoms with Crippen molar-refractivity contribution in [3.63, 3.8) is 0 Å². The Morgan fingerprint density at radius 1 is 1.24 bits per heavy atom. The molecule has 2 aromatic carbocycles. The molecular weight excluding hydrogens is 366 g/mol. The second-order valence-corrected chi connectivity index (χ2v) is 7.23. The number of methoxy groups -OCH3 is 1. The summed E-state index contributed by atoms with van der Waals surface area (Å²) in [6.45, 7) is 3.42. The lowest BCUT2D eigenvalue weighted by atomic mass is 10.0. The highest BCUT2D eigenvalue weighted by Gasteiger charge is 2.27. The van der Waals surface area contributed by atoms with Gasteiger partial charge >= 0.3 is 0 Å². The standard InChI is InChI=1S/C22H27N5O2/c1-29-20-9-5-2-6-16(20)19-14-23-12-13-27(19)15-22(28)24-11-10-21-25-17-7-3-4-8-18(17)26-21/h2-9,19,23H,10-15H2,1H3,(H,24,28)(H,25,26)/t19-/m0/s1. The fourth-order valence-corrected chi connectivity index (χ4v) is 3.87. The van der Waals surface area contributed by atoms with Gasteiger partial charge in [-0.1, -0.05) is 30.3 Å². The van der Waals surface area contributed by atoms with Gasteiger partial charge in [0, 0.05) is 38.2 Å². The molecule has 0 unspecified atom stereocenters. The highest BCUT2D eigenvalue weighted by Crippen LogP contribution is 2.29. The highest BCUT2D eigenvalue weighted by molar-refractivity contribution is 5.78. The molecule has 0 radical (unpaired) electrons. The number of amides is 1. The summed E-state index contributed by atoms with van der Waals surface area (Å²) in [4.78, 5) is 22.6. The summed E-state index contributed by atoms with van der Waals surface area (Å²) in [6, 6.07) is 16.1. The number of ether oxygens (including phenoxy) is 1. The summed E-state index contributed by atoms with van der Waals surface area (Å²) >= 11 is 0. The van der Waals surface area contributed by atoms with E-state index in [2.05, 4.69) is 31.6 Å². The number of fused-ring (bicyclic) bond motifs is 1. The van der Waals surface area contributed by atoms with E-state index in [0.29, 0.717) is 19.5 Å². The van der Waals surface area contributed by atoms with Crippen LogP contribution >= 0.6 is 0 Å². The van der Waals surface area contributed by atoms with Gasteiger partial charge in [-0.25, -0.2) is 4.98 Å². The highest BCUT2D eigenvalue weighted by atomic mass is 16.5. The molecular formula is C22H27N5O2. The van der Waals surface area contributed by atoms with E-state index in [9.17, 15) is 4.79 Å². The number of benzene rings is 2. The van der Waals surface area contributed by atoms with Crippen molar-refractivity contribution in [1.82, 2.24) is 25.5 Å². The van der Waals surface area contributed by atoms with Crippen molar-refractivity contribution in [2.75, 3.05) is 39.8 Å². The van der Waals surface area contributed by atoms with Crippen LogP contribution in [0.15, 0.2) is 48.5 Å². The van der Waals surface area contributed by atoms with Crippen LogP contribution in [0.4, 0.5) is 0 Å². The number of carbonyl (C=O) groups is 1. The van der Waals surface area contributed by atoms with E-state index in [1.54, 1.807) is 7.11 Å². The van der Waals surface area contributed by atoms with Gasteiger partial charge < -0.3 is 20.4 Å². The Kier molecular flexibility index (Phi) is 6.07. The predicted octanol–water partition coefficient (Wildman–Crippen LogP) is 1.88. The molecule has 0 saturated carbocycles. The summed E-state index contributed by atoms with van der Waals surface area (Å²) in [5, 5.41) is 6.46. The van der Waals surface area contributed by atoms with Crippen molar-refractivity contribution in [1.29, 1.82) is 0 Å². The molecule has 1 saturated heterocycles. The minimum Gasteiger partial charge on any atom is -0.496 e. The molecule has 0 bridgehead atoms. The van der Waals surface area contributed by atoms with Gasteiger partial charge in [-0.05, 0) is 18.2 Å². The molecule has 29 heavy (non-hydrogen) atoms. The molecule has 7 nitrogen and oxygen atoms in total. The number of rotatable bonds is 7. The average Bonchev–Trinajstić information content (AvgIpc) is 3.17. The molecule has 0 spiro atoms. The zero-order valence-corrected chi connectivity index (χ0v) is 16.6. The molecule has 1 amide bonds. The van der Waals surface area contributed by atoms with E-state index < -0.39 is 0 Å². The first kappa shape index (κ1) is 19.4. The molecule has 1 fully saturated rings. The third-order valence-corrected chi connectivity index (χ3v) is 5.32. The van der Waals surface area contributed by atoms with Crippen LogP contribution in [0.2, 0.25) is 0 Å². The van der Waals surface area contributed by atoms with Crippen LogP contribution in [0.1, 0.15) is 17.4 Å². The second kappa shape index (κ2) is 9.07. The van der Waals surface area contributed by atoms with Crippen LogP contribution in [-0.4, -0.2) is 60.6 Å². The normalized spacial score (nSPS) is 17.3. The summed E-state index contributed by atoms with van der Waals surface area (Å²) in [6.07, 6.45) is 0.678. The summed E-state index contributed by atoms with van der Waals surface area (Å²) in [5.74, 6) is 1.78. The largest absolute Gasteiger partial charge is 0.496 e. The quantitative estimate of drug-likeness (QED) is 0.571. The first-order chi connectivity index (χ1) is 14.2. The van der Waals surface area contributed by atoms with Crippen molar-refractivity contribution in [3.8, 4) is 5.75 Å². The van der Waals surface area contributed by atoms with Crippen molar-refractivity contribution in [2.24, 2.45) is 0 Å². The van der Waals surface area contributed by atoms with Gasteiger partial charge in [0.1, 0.15) is 11.6 Å². The van der Waals surface area contributed by atoms with E-state index in [-0.39, 0.29) is 11.9 Å². The molecule has 3 aromatic rings. The van der Waals surface area contributed by atoms with E-state index in [0.717, 1.165) is 47.8 Å². The summed E-state index contributed by atoms with van der Waals surface area (Å²) < 4.78 is 5.53. The molecule has 3 N–H and O–H groups in total. The van der Waals surface area contributed by atoms with Crippen molar-refractivity contribution < 1.29 is 9.53 Å². The zero-order chi connectivity index (χ0) is 20.1. The SMILES string of the molecule is COc1ccccc1[C@@H]1CNCCN1CC(=O)NCCc1nc2ccccc2[nH]1. The number of piperazine rings is 1. The van der Waals surface area contributed by atoms with E-state index in [1.165, 1.54) is 0 Å². The van der Waals surface area contributed by atoms with Crippen LogP contribution < -0.4 is 15.4 Å². The monoisotopic (exact) mass is 393 g/mol.